The molecule has 0 aromatic heterocycles. The first kappa shape index (κ1) is 12.2. The average Bonchev–Trinajstić information content (AvgIpc) is 2.81. The second kappa shape index (κ2) is 3.62. The molecule has 90 valence electrons. The van der Waals surface area contributed by atoms with Crippen LogP contribution in [-0.2, 0) is 0 Å². The quantitative estimate of drug-likeness (QED) is 0.732. The lowest BCUT2D eigenvalue weighted by Gasteiger charge is -2.28. The van der Waals surface area contributed by atoms with Crippen LogP contribution in [0.3, 0.4) is 0 Å². The molecule has 0 spiro atoms. The Balaban J connectivity index is 2.32. The van der Waals surface area contributed by atoms with Crippen LogP contribution in [0.5, 0.6) is 0 Å². The molecule has 1 aromatic rings. The van der Waals surface area contributed by atoms with Crippen LogP contribution in [0, 0.1) is 22.7 Å². The summed E-state index contributed by atoms with van der Waals surface area (Å²) in [6.45, 7) is 8.07. The first-order valence-electron chi connectivity index (χ1n) is 6.09. The molecule has 0 saturated heterocycles. The number of rotatable bonds is 1. The molecular weight excluding hydrogens is 208 g/mol. The zero-order chi connectivity index (χ0) is 12.7. The average molecular weight is 228 g/mol. The SMILES string of the molecule is CC(C)(O)C1(C#Cc2ccccc2)CC1(C)C. The van der Waals surface area contributed by atoms with Crippen LogP contribution in [0.1, 0.15) is 39.7 Å². The molecular formula is C16H20O. The normalized spacial score (nSPS) is 25.9. The van der Waals surface area contributed by atoms with Gasteiger partial charge in [-0.1, -0.05) is 43.9 Å². The van der Waals surface area contributed by atoms with Gasteiger partial charge in [0, 0.05) is 5.56 Å². The van der Waals surface area contributed by atoms with Crippen molar-refractivity contribution in [3.8, 4) is 11.8 Å². The minimum atomic E-state index is -0.752. The lowest BCUT2D eigenvalue weighted by molar-refractivity contribution is 0.0133. The second-order valence-corrected chi connectivity index (χ2v) is 6.14. The fourth-order valence-corrected chi connectivity index (χ4v) is 2.73. The Bertz CT molecular complexity index is 468. The minimum absolute atomic E-state index is 0.104. The summed E-state index contributed by atoms with van der Waals surface area (Å²) in [6, 6.07) is 9.95. The largest absolute Gasteiger partial charge is 0.389 e. The van der Waals surface area contributed by atoms with Crippen LogP contribution in [0.15, 0.2) is 30.3 Å². The van der Waals surface area contributed by atoms with Gasteiger partial charge in [-0.25, -0.2) is 0 Å². The van der Waals surface area contributed by atoms with Gasteiger partial charge in [-0.2, -0.15) is 0 Å². The van der Waals surface area contributed by atoms with Gasteiger partial charge < -0.3 is 5.11 Å². The molecule has 1 nitrogen and oxygen atoms in total. The first-order chi connectivity index (χ1) is 7.79. The molecule has 1 saturated carbocycles. The molecule has 2 rings (SSSR count). The highest BCUT2D eigenvalue weighted by atomic mass is 16.3. The van der Waals surface area contributed by atoms with Gasteiger partial charge in [0.15, 0.2) is 0 Å². The van der Waals surface area contributed by atoms with E-state index in [2.05, 4.69) is 25.7 Å². The molecule has 0 heterocycles. The van der Waals surface area contributed by atoms with Gasteiger partial charge in [0.05, 0.1) is 11.0 Å². The summed E-state index contributed by atoms with van der Waals surface area (Å²) in [4.78, 5) is 0. The molecule has 1 fully saturated rings. The fraction of sp³-hybridized carbons (Fsp3) is 0.500. The van der Waals surface area contributed by atoms with Crippen molar-refractivity contribution in [3.63, 3.8) is 0 Å². The summed E-state index contributed by atoms with van der Waals surface area (Å²) < 4.78 is 0. The second-order valence-electron chi connectivity index (χ2n) is 6.14. The molecule has 1 N–H and O–H groups in total. The summed E-state index contributed by atoms with van der Waals surface area (Å²) in [5.74, 6) is 6.52. The Hall–Kier alpha value is -1.26. The Labute approximate surface area is 104 Å². The van der Waals surface area contributed by atoms with Gasteiger partial charge in [0.2, 0.25) is 0 Å². The van der Waals surface area contributed by atoms with Gasteiger partial charge >= 0.3 is 0 Å². The van der Waals surface area contributed by atoms with E-state index in [-0.39, 0.29) is 10.8 Å². The van der Waals surface area contributed by atoms with Gasteiger partial charge in [0.25, 0.3) is 0 Å². The predicted octanol–water partition coefficient (Wildman–Crippen LogP) is 3.23. The van der Waals surface area contributed by atoms with Crippen molar-refractivity contribution in [3.05, 3.63) is 35.9 Å². The van der Waals surface area contributed by atoms with E-state index < -0.39 is 5.60 Å². The van der Waals surface area contributed by atoms with Crippen molar-refractivity contribution < 1.29 is 5.11 Å². The van der Waals surface area contributed by atoms with E-state index in [9.17, 15) is 5.11 Å². The number of benzene rings is 1. The number of aliphatic hydroxyl groups is 1. The van der Waals surface area contributed by atoms with E-state index in [0.717, 1.165) is 12.0 Å². The minimum Gasteiger partial charge on any atom is -0.389 e. The standard InChI is InChI=1S/C16H20O/c1-14(2)12-16(14,15(3,4)17)11-10-13-8-6-5-7-9-13/h5-9,17H,12H2,1-4H3. The monoisotopic (exact) mass is 228 g/mol. The maximum Gasteiger partial charge on any atom is 0.0762 e. The smallest absolute Gasteiger partial charge is 0.0762 e. The highest BCUT2D eigenvalue weighted by Gasteiger charge is 2.67. The van der Waals surface area contributed by atoms with Gasteiger partial charge in [-0.05, 0) is 37.8 Å². The van der Waals surface area contributed by atoms with Crippen LogP contribution in [0.25, 0.3) is 0 Å². The Morgan fingerprint density at radius 1 is 1.18 bits per heavy atom. The highest BCUT2D eigenvalue weighted by Crippen LogP contribution is 2.68. The molecule has 1 aromatic carbocycles. The third-order valence-corrected chi connectivity index (χ3v) is 3.98. The molecule has 0 amide bonds. The van der Waals surface area contributed by atoms with Crippen molar-refractivity contribution in [2.45, 2.75) is 39.7 Å². The van der Waals surface area contributed by atoms with Crippen molar-refractivity contribution in [2.75, 3.05) is 0 Å². The van der Waals surface area contributed by atoms with Crippen LogP contribution < -0.4 is 0 Å². The van der Waals surface area contributed by atoms with E-state index >= 15 is 0 Å². The lowest BCUT2D eigenvalue weighted by Crippen LogP contribution is -2.35. The van der Waals surface area contributed by atoms with Crippen LogP contribution in [-0.4, -0.2) is 10.7 Å². The zero-order valence-corrected chi connectivity index (χ0v) is 11.0. The lowest BCUT2D eigenvalue weighted by atomic mass is 9.81. The van der Waals surface area contributed by atoms with Gasteiger partial charge in [-0.3, -0.25) is 0 Å². The maximum absolute atomic E-state index is 10.3. The Kier molecular flexibility index (Phi) is 2.60. The summed E-state index contributed by atoms with van der Waals surface area (Å²) >= 11 is 0. The molecule has 0 radical (unpaired) electrons. The fourth-order valence-electron chi connectivity index (χ4n) is 2.73. The van der Waals surface area contributed by atoms with Crippen LogP contribution in [0.4, 0.5) is 0 Å². The molecule has 0 bridgehead atoms. The number of hydrogen-bond donors (Lipinski definition) is 1. The molecule has 1 aliphatic rings. The Morgan fingerprint density at radius 2 is 1.71 bits per heavy atom. The molecule has 1 atom stereocenters. The van der Waals surface area contributed by atoms with E-state index in [1.54, 1.807) is 0 Å². The summed E-state index contributed by atoms with van der Waals surface area (Å²) in [7, 11) is 0. The van der Waals surface area contributed by atoms with Crippen LogP contribution in [0.2, 0.25) is 0 Å². The molecule has 1 aliphatic carbocycles. The van der Waals surface area contributed by atoms with E-state index in [4.69, 9.17) is 0 Å². The molecule has 1 heteroatoms. The first-order valence-corrected chi connectivity index (χ1v) is 6.09. The van der Waals surface area contributed by atoms with E-state index in [1.807, 2.05) is 44.2 Å². The summed E-state index contributed by atoms with van der Waals surface area (Å²) in [5, 5.41) is 10.3. The van der Waals surface area contributed by atoms with Crippen LogP contribution >= 0.6 is 0 Å². The number of hydrogen-bond acceptors (Lipinski definition) is 1. The predicted molar refractivity (Wildman–Crippen MR) is 70.4 cm³/mol. The third kappa shape index (κ3) is 1.98. The zero-order valence-electron chi connectivity index (χ0n) is 11.0. The third-order valence-electron chi connectivity index (χ3n) is 3.98. The van der Waals surface area contributed by atoms with E-state index in [0.29, 0.717) is 0 Å². The topological polar surface area (TPSA) is 20.2 Å². The van der Waals surface area contributed by atoms with Gasteiger partial charge in [0.1, 0.15) is 0 Å². The molecule has 17 heavy (non-hydrogen) atoms. The maximum atomic E-state index is 10.3. The highest BCUT2D eigenvalue weighted by molar-refractivity contribution is 5.41. The van der Waals surface area contributed by atoms with Crippen molar-refractivity contribution in [1.29, 1.82) is 0 Å². The van der Waals surface area contributed by atoms with Crippen molar-refractivity contribution in [2.24, 2.45) is 10.8 Å². The van der Waals surface area contributed by atoms with E-state index in [1.165, 1.54) is 0 Å². The molecule has 0 aliphatic heterocycles. The van der Waals surface area contributed by atoms with Crippen molar-refractivity contribution >= 4 is 0 Å². The summed E-state index contributed by atoms with van der Waals surface area (Å²) in [6.07, 6.45) is 0.962. The summed E-state index contributed by atoms with van der Waals surface area (Å²) in [5.41, 5.74) is 0.0973. The molecule has 1 unspecified atom stereocenters. The van der Waals surface area contributed by atoms with Gasteiger partial charge in [-0.15, -0.1) is 0 Å². The Morgan fingerprint density at radius 3 is 2.12 bits per heavy atom. The van der Waals surface area contributed by atoms with Crippen molar-refractivity contribution in [1.82, 2.24) is 0 Å².